The summed E-state index contributed by atoms with van der Waals surface area (Å²) in [7, 11) is 0. The molecule has 0 saturated heterocycles. The lowest BCUT2D eigenvalue weighted by Crippen LogP contribution is -2.42. The van der Waals surface area contributed by atoms with Crippen molar-refractivity contribution in [1.29, 1.82) is 0 Å². The number of aliphatic hydroxyl groups is 1. The van der Waals surface area contributed by atoms with Crippen LogP contribution in [0.5, 0.6) is 0 Å². The summed E-state index contributed by atoms with van der Waals surface area (Å²) in [5.74, 6) is -1.09. The van der Waals surface area contributed by atoms with Crippen LogP contribution in [0, 0.1) is 0 Å². The monoisotopic (exact) mass is 134 g/mol. The van der Waals surface area contributed by atoms with Crippen LogP contribution in [0.1, 0.15) is 0 Å². The first-order valence-corrected chi connectivity index (χ1v) is 2.49. The van der Waals surface area contributed by atoms with Crippen LogP contribution in [0.25, 0.3) is 0 Å². The van der Waals surface area contributed by atoms with Gasteiger partial charge >= 0.3 is 5.97 Å². The van der Waals surface area contributed by atoms with Gasteiger partial charge in [-0.1, -0.05) is 0 Å². The van der Waals surface area contributed by atoms with Crippen molar-refractivity contribution in [2.45, 2.75) is 6.04 Å². The standard InChI is InChI=1S/C4H10N2O3/c5-2-6-3(1-7)4(8)9/h3,6-7H,1-2,5H2,(H,8,9)/t3-/m1/s1. The first-order valence-electron chi connectivity index (χ1n) is 2.49. The molecule has 0 amide bonds. The second-order valence-corrected chi connectivity index (χ2v) is 1.48. The van der Waals surface area contributed by atoms with Crippen LogP contribution in [0.15, 0.2) is 0 Å². The van der Waals surface area contributed by atoms with Crippen molar-refractivity contribution in [2.75, 3.05) is 13.3 Å². The fourth-order valence-electron chi connectivity index (χ4n) is 0.372. The molecule has 5 nitrogen and oxygen atoms in total. The van der Waals surface area contributed by atoms with Gasteiger partial charge in [0.05, 0.1) is 6.61 Å². The van der Waals surface area contributed by atoms with Crippen LogP contribution in [0.3, 0.4) is 0 Å². The normalized spacial score (nSPS) is 13.1. The summed E-state index contributed by atoms with van der Waals surface area (Å²) in [5, 5.41) is 18.9. The van der Waals surface area contributed by atoms with E-state index in [9.17, 15) is 4.79 Å². The van der Waals surface area contributed by atoms with Crippen molar-refractivity contribution in [3.05, 3.63) is 0 Å². The predicted octanol–water partition coefficient (Wildman–Crippen LogP) is -2.06. The van der Waals surface area contributed by atoms with Gasteiger partial charge in [-0.3, -0.25) is 10.1 Å². The number of hydrogen-bond donors (Lipinski definition) is 4. The van der Waals surface area contributed by atoms with Crippen LogP contribution >= 0.6 is 0 Å². The van der Waals surface area contributed by atoms with Gasteiger partial charge in [0.2, 0.25) is 0 Å². The first kappa shape index (κ1) is 8.35. The van der Waals surface area contributed by atoms with Gasteiger partial charge in [0, 0.05) is 6.67 Å². The maximum Gasteiger partial charge on any atom is 0.323 e. The number of nitrogens with two attached hydrogens (primary N) is 1. The number of hydrogen-bond acceptors (Lipinski definition) is 4. The van der Waals surface area contributed by atoms with E-state index in [0.29, 0.717) is 0 Å². The fourth-order valence-corrected chi connectivity index (χ4v) is 0.372. The molecule has 0 aliphatic rings. The second-order valence-electron chi connectivity index (χ2n) is 1.48. The fraction of sp³-hybridized carbons (Fsp3) is 0.750. The molecule has 0 spiro atoms. The summed E-state index contributed by atoms with van der Waals surface area (Å²) in [4.78, 5) is 10.0. The Morgan fingerprint density at radius 2 is 2.33 bits per heavy atom. The van der Waals surface area contributed by atoms with Crippen LogP contribution in [-0.2, 0) is 4.79 Å². The number of carbonyl (C=O) groups is 1. The van der Waals surface area contributed by atoms with E-state index < -0.39 is 18.6 Å². The molecule has 9 heavy (non-hydrogen) atoms. The predicted molar refractivity (Wildman–Crippen MR) is 30.7 cm³/mol. The zero-order valence-electron chi connectivity index (χ0n) is 4.87. The van der Waals surface area contributed by atoms with E-state index in [0.717, 1.165) is 0 Å². The Bertz CT molecular complexity index is 95.8. The molecule has 0 radical (unpaired) electrons. The Kier molecular flexibility index (Phi) is 3.94. The third-order valence-electron chi connectivity index (χ3n) is 0.845. The molecule has 0 rings (SSSR count). The Labute approximate surface area is 52.5 Å². The molecule has 0 aromatic carbocycles. The molecule has 0 unspecified atom stereocenters. The largest absolute Gasteiger partial charge is 0.480 e. The molecule has 1 atom stereocenters. The smallest absolute Gasteiger partial charge is 0.323 e. The molecule has 54 valence electrons. The van der Waals surface area contributed by atoms with Crippen molar-refractivity contribution in [3.63, 3.8) is 0 Å². The summed E-state index contributed by atoms with van der Waals surface area (Å²) < 4.78 is 0. The SMILES string of the molecule is NCN[C@H](CO)C(=O)O. The molecule has 0 bridgehead atoms. The maximum absolute atomic E-state index is 10.0. The van der Waals surface area contributed by atoms with Crippen molar-refractivity contribution in [1.82, 2.24) is 5.32 Å². The average molecular weight is 134 g/mol. The van der Waals surface area contributed by atoms with E-state index in [2.05, 4.69) is 5.32 Å². The minimum atomic E-state index is -1.09. The number of carboxylic acid groups (broad SMARTS) is 1. The zero-order valence-corrected chi connectivity index (χ0v) is 4.87. The highest BCUT2D eigenvalue weighted by atomic mass is 16.4. The quantitative estimate of drug-likeness (QED) is 0.331. The van der Waals surface area contributed by atoms with Gasteiger partial charge in [-0.2, -0.15) is 0 Å². The molecule has 0 aliphatic carbocycles. The third kappa shape index (κ3) is 3.02. The summed E-state index contributed by atoms with van der Waals surface area (Å²) in [6.45, 7) is -0.385. The van der Waals surface area contributed by atoms with E-state index in [1.165, 1.54) is 0 Å². The lowest BCUT2D eigenvalue weighted by Gasteiger charge is -2.07. The number of aliphatic hydroxyl groups excluding tert-OH is 1. The van der Waals surface area contributed by atoms with E-state index in [-0.39, 0.29) is 6.67 Å². The van der Waals surface area contributed by atoms with Gasteiger partial charge in [-0.15, -0.1) is 0 Å². The zero-order chi connectivity index (χ0) is 7.28. The first-order chi connectivity index (χ1) is 4.22. The van der Waals surface area contributed by atoms with E-state index in [1.807, 2.05) is 0 Å². The van der Waals surface area contributed by atoms with Gasteiger partial charge in [-0.05, 0) is 0 Å². The molecule has 5 heteroatoms. The van der Waals surface area contributed by atoms with Crippen molar-refractivity contribution < 1.29 is 15.0 Å². The molecule has 0 aromatic rings. The van der Waals surface area contributed by atoms with Gasteiger partial charge in [-0.25, -0.2) is 0 Å². The van der Waals surface area contributed by atoms with E-state index in [1.54, 1.807) is 0 Å². The van der Waals surface area contributed by atoms with Crippen LogP contribution < -0.4 is 11.1 Å². The molecule has 0 aromatic heterocycles. The van der Waals surface area contributed by atoms with Gasteiger partial charge in [0.25, 0.3) is 0 Å². The third-order valence-corrected chi connectivity index (χ3v) is 0.845. The van der Waals surface area contributed by atoms with Crippen LogP contribution in [0.4, 0.5) is 0 Å². The minimum absolute atomic E-state index is 0.0531. The highest BCUT2D eigenvalue weighted by Crippen LogP contribution is 1.77. The Hall–Kier alpha value is -0.650. The molecule has 0 aliphatic heterocycles. The van der Waals surface area contributed by atoms with Gasteiger partial charge in [0.15, 0.2) is 0 Å². The van der Waals surface area contributed by atoms with E-state index in [4.69, 9.17) is 15.9 Å². The summed E-state index contributed by atoms with van der Waals surface area (Å²) in [6, 6.07) is -0.935. The lowest BCUT2D eigenvalue weighted by molar-refractivity contribution is -0.140. The summed E-state index contributed by atoms with van der Waals surface area (Å²) >= 11 is 0. The molecule has 5 N–H and O–H groups in total. The summed E-state index contributed by atoms with van der Waals surface area (Å²) in [5.41, 5.74) is 4.96. The maximum atomic E-state index is 10.0. The van der Waals surface area contributed by atoms with Crippen LogP contribution in [-0.4, -0.2) is 35.5 Å². The van der Waals surface area contributed by atoms with Crippen molar-refractivity contribution >= 4 is 5.97 Å². The van der Waals surface area contributed by atoms with Crippen molar-refractivity contribution in [3.8, 4) is 0 Å². The highest BCUT2D eigenvalue weighted by molar-refractivity contribution is 5.73. The van der Waals surface area contributed by atoms with Crippen LogP contribution in [0.2, 0.25) is 0 Å². The Balaban J connectivity index is 3.54. The molecular weight excluding hydrogens is 124 g/mol. The number of carboxylic acids is 1. The average Bonchev–Trinajstić information content (AvgIpc) is 1.82. The molecule has 0 fully saturated rings. The van der Waals surface area contributed by atoms with E-state index >= 15 is 0 Å². The number of nitrogens with one attached hydrogen (secondary N) is 1. The Morgan fingerprint density at radius 3 is 2.44 bits per heavy atom. The Morgan fingerprint density at radius 1 is 1.78 bits per heavy atom. The molecule has 0 saturated carbocycles. The molecule has 0 heterocycles. The number of aliphatic carboxylic acids is 1. The van der Waals surface area contributed by atoms with Gasteiger partial charge in [0.1, 0.15) is 6.04 Å². The summed E-state index contributed by atoms with van der Waals surface area (Å²) in [6.07, 6.45) is 0. The highest BCUT2D eigenvalue weighted by Gasteiger charge is 2.12. The van der Waals surface area contributed by atoms with Gasteiger partial charge < -0.3 is 15.9 Å². The molecular formula is C4H10N2O3. The second kappa shape index (κ2) is 4.25. The minimum Gasteiger partial charge on any atom is -0.480 e. The van der Waals surface area contributed by atoms with Crippen molar-refractivity contribution in [2.24, 2.45) is 5.73 Å². The number of rotatable bonds is 4. The topological polar surface area (TPSA) is 95.6 Å². The lowest BCUT2D eigenvalue weighted by atomic mass is 10.3.